The Morgan fingerprint density at radius 3 is 2.68 bits per heavy atom. The summed E-state index contributed by atoms with van der Waals surface area (Å²) in [6.45, 7) is 10.4. The molecule has 1 saturated heterocycles. The van der Waals surface area contributed by atoms with Gasteiger partial charge in [-0.15, -0.1) is 0 Å². The van der Waals surface area contributed by atoms with E-state index in [0.29, 0.717) is 13.1 Å². The molecule has 5 heteroatoms. The summed E-state index contributed by atoms with van der Waals surface area (Å²) in [6.07, 6.45) is 1.91. The van der Waals surface area contributed by atoms with Crippen molar-refractivity contribution in [3.8, 4) is 0 Å². The van der Waals surface area contributed by atoms with E-state index in [0.717, 1.165) is 6.42 Å². The Morgan fingerprint density at radius 2 is 2.21 bits per heavy atom. The van der Waals surface area contributed by atoms with Crippen LogP contribution < -0.4 is 5.32 Å². The molecule has 108 valence electrons. The third-order valence-corrected chi connectivity index (χ3v) is 3.24. The van der Waals surface area contributed by atoms with E-state index in [4.69, 9.17) is 4.74 Å². The number of carbonyl (C=O) groups is 1. The van der Waals surface area contributed by atoms with Crippen molar-refractivity contribution >= 4 is 12.0 Å². The second-order valence-electron chi connectivity index (χ2n) is 6.20. The molecule has 19 heavy (non-hydrogen) atoms. The van der Waals surface area contributed by atoms with Crippen LogP contribution in [0.25, 0.3) is 0 Å². The Hall–Kier alpha value is -1.32. The lowest BCUT2D eigenvalue weighted by molar-refractivity contribution is -0.00287. The summed E-state index contributed by atoms with van der Waals surface area (Å²) in [5.41, 5.74) is -1.23. The molecule has 1 aliphatic heterocycles. The highest BCUT2D eigenvalue weighted by Crippen LogP contribution is 2.24. The van der Waals surface area contributed by atoms with Gasteiger partial charge in [-0.3, -0.25) is 4.90 Å². The second-order valence-corrected chi connectivity index (χ2v) is 6.20. The van der Waals surface area contributed by atoms with E-state index in [1.165, 1.54) is 6.08 Å². The van der Waals surface area contributed by atoms with E-state index in [2.05, 4.69) is 12.2 Å². The first-order valence-electron chi connectivity index (χ1n) is 6.68. The van der Waals surface area contributed by atoms with Gasteiger partial charge in [-0.05, 0) is 34.1 Å². The summed E-state index contributed by atoms with van der Waals surface area (Å²) >= 11 is 0. The molecule has 0 aromatic carbocycles. The van der Waals surface area contributed by atoms with Crippen LogP contribution in [0.4, 0.5) is 4.79 Å². The van der Waals surface area contributed by atoms with Gasteiger partial charge in [-0.1, -0.05) is 6.92 Å². The Labute approximate surface area is 115 Å². The van der Waals surface area contributed by atoms with Gasteiger partial charge in [-0.2, -0.15) is 0 Å². The third-order valence-electron chi connectivity index (χ3n) is 3.24. The monoisotopic (exact) mass is 268 g/mol. The van der Waals surface area contributed by atoms with Crippen LogP contribution in [-0.4, -0.2) is 47.2 Å². The van der Waals surface area contributed by atoms with Crippen molar-refractivity contribution in [3.05, 3.63) is 6.08 Å². The van der Waals surface area contributed by atoms with Crippen molar-refractivity contribution in [1.82, 2.24) is 10.2 Å². The van der Waals surface area contributed by atoms with Crippen molar-refractivity contribution in [3.63, 3.8) is 0 Å². The molecule has 2 unspecified atom stereocenters. The van der Waals surface area contributed by atoms with E-state index in [1.54, 1.807) is 10.8 Å². The quantitative estimate of drug-likeness (QED) is 0.775. The highest BCUT2D eigenvalue weighted by molar-refractivity contribution is 5.71. The van der Waals surface area contributed by atoms with Crippen LogP contribution in [-0.2, 0) is 9.53 Å². The minimum absolute atomic E-state index is 0.223. The second kappa shape index (κ2) is 5.76. The Kier molecular flexibility index (Phi) is 4.77. The highest BCUT2D eigenvalue weighted by Gasteiger charge is 2.40. The number of rotatable bonds is 2. The first-order valence-corrected chi connectivity index (χ1v) is 6.68. The first-order chi connectivity index (χ1) is 8.72. The van der Waals surface area contributed by atoms with Crippen LogP contribution in [0.5, 0.6) is 0 Å². The molecule has 2 atom stereocenters. The molecule has 1 aliphatic rings. The number of hydrogen-bond donors (Lipinski definition) is 1. The topological polar surface area (TPSA) is 58.6 Å². The lowest BCUT2D eigenvalue weighted by Gasteiger charge is -2.45. The summed E-state index contributed by atoms with van der Waals surface area (Å²) in [6, 6.07) is 0.223. The molecule has 1 heterocycles. The summed E-state index contributed by atoms with van der Waals surface area (Å²) in [4.78, 5) is 24.6. The molecule has 1 rings (SSSR count). The smallest absolute Gasteiger partial charge is 0.411 e. The molecule has 1 N–H and O–H groups in total. The van der Waals surface area contributed by atoms with Crippen LogP contribution in [0, 0.1) is 0 Å². The summed E-state index contributed by atoms with van der Waals surface area (Å²) in [5, 5.41) is 3.33. The van der Waals surface area contributed by atoms with Crippen molar-refractivity contribution < 1.29 is 14.3 Å². The Morgan fingerprint density at radius 1 is 1.58 bits per heavy atom. The fourth-order valence-electron chi connectivity index (χ4n) is 2.07. The van der Waals surface area contributed by atoms with Crippen molar-refractivity contribution in [2.45, 2.75) is 58.2 Å². The van der Waals surface area contributed by atoms with Gasteiger partial charge < -0.3 is 10.1 Å². The van der Waals surface area contributed by atoms with E-state index in [-0.39, 0.29) is 12.1 Å². The summed E-state index contributed by atoms with van der Waals surface area (Å²) in [5.74, 6) is 1.79. The molecule has 0 saturated carbocycles. The zero-order valence-electron chi connectivity index (χ0n) is 12.4. The molecule has 1 fully saturated rings. The van der Waals surface area contributed by atoms with Gasteiger partial charge in [0, 0.05) is 25.2 Å². The van der Waals surface area contributed by atoms with Gasteiger partial charge in [0.1, 0.15) is 11.5 Å². The molecule has 0 aliphatic carbocycles. The van der Waals surface area contributed by atoms with E-state index in [9.17, 15) is 9.59 Å². The minimum Gasteiger partial charge on any atom is -0.444 e. The van der Waals surface area contributed by atoms with E-state index in [1.807, 2.05) is 27.7 Å². The molecule has 0 aromatic heterocycles. The summed E-state index contributed by atoms with van der Waals surface area (Å²) in [7, 11) is 0. The minimum atomic E-state index is -0.685. The fourth-order valence-corrected chi connectivity index (χ4v) is 2.07. The zero-order valence-corrected chi connectivity index (χ0v) is 12.4. The maximum Gasteiger partial charge on any atom is 0.411 e. The van der Waals surface area contributed by atoms with Crippen molar-refractivity contribution in [2.75, 3.05) is 13.1 Å². The fraction of sp³-hybridized carbons (Fsp3) is 0.786. The van der Waals surface area contributed by atoms with E-state index >= 15 is 0 Å². The predicted molar refractivity (Wildman–Crippen MR) is 73.7 cm³/mol. The number of carbonyl (C=O) groups excluding carboxylic acids is 2. The lowest BCUT2D eigenvalue weighted by atomic mass is 9.95. The summed E-state index contributed by atoms with van der Waals surface area (Å²) < 4.78 is 5.42. The number of amides is 1. The van der Waals surface area contributed by atoms with Gasteiger partial charge in [0.25, 0.3) is 0 Å². The number of hydrogen-bond acceptors (Lipinski definition) is 4. The van der Waals surface area contributed by atoms with E-state index < -0.39 is 11.1 Å². The lowest BCUT2D eigenvalue weighted by Crippen LogP contribution is -2.64. The van der Waals surface area contributed by atoms with Crippen LogP contribution in [0.1, 0.15) is 41.0 Å². The first kappa shape index (κ1) is 15.7. The Bertz CT molecular complexity index is 383. The molecule has 0 radical (unpaired) electrons. The average Bonchev–Trinajstić information content (AvgIpc) is 2.27. The molecule has 5 nitrogen and oxygen atoms in total. The molecular formula is C14H24N2O3. The SMILES string of the molecule is CCC1CN(C(=O)OC(C)(C)C)C(C)(C=C=O)CN1. The highest BCUT2D eigenvalue weighted by atomic mass is 16.6. The molecule has 0 aromatic rings. The molecule has 0 spiro atoms. The predicted octanol–water partition coefficient (Wildman–Crippen LogP) is 1.75. The van der Waals surface area contributed by atoms with Crippen LogP contribution in [0.2, 0.25) is 0 Å². The van der Waals surface area contributed by atoms with Crippen molar-refractivity contribution in [1.29, 1.82) is 0 Å². The van der Waals surface area contributed by atoms with Gasteiger partial charge >= 0.3 is 6.09 Å². The number of piperazine rings is 1. The van der Waals surface area contributed by atoms with Gasteiger partial charge in [0.05, 0.1) is 5.54 Å². The number of ether oxygens (including phenoxy) is 1. The average molecular weight is 268 g/mol. The van der Waals surface area contributed by atoms with Gasteiger partial charge in [0.15, 0.2) is 0 Å². The van der Waals surface area contributed by atoms with Gasteiger partial charge in [-0.25, -0.2) is 9.59 Å². The normalized spacial score (nSPS) is 27.6. The standard InChI is InChI=1S/C14H24N2O3/c1-6-11-9-16(12(18)19-13(2,3)4)14(5,7-8-17)10-15-11/h7,11,15H,6,9-10H2,1-5H3. The largest absolute Gasteiger partial charge is 0.444 e. The molecule has 0 bridgehead atoms. The van der Waals surface area contributed by atoms with Crippen LogP contribution in [0.15, 0.2) is 6.08 Å². The Balaban J connectivity index is 2.94. The van der Waals surface area contributed by atoms with Crippen LogP contribution in [0.3, 0.4) is 0 Å². The molecule has 1 amide bonds. The van der Waals surface area contributed by atoms with Crippen molar-refractivity contribution in [2.24, 2.45) is 0 Å². The van der Waals surface area contributed by atoms with Crippen LogP contribution >= 0.6 is 0 Å². The maximum atomic E-state index is 12.3. The third kappa shape index (κ3) is 4.08. The zero-order chi connectivity index (χ0) is 14.7. The maximum absolute atomic E-state index is 12.3. The molecular weight excluding hydrogens is 244 g/mol. The van der Waals surface area contributed by atoms with Gasteiger partial charge in [0.2, 0.25) is 0 Å². The number of nitrogens with zero attached hydrogens (tertiary/aromatic N) is 1. The number of nitrogens with one attached hydrogen (secondary N) is 1.